The Morgan fingerprint density at radius 3 is 2.62 bits per heavy atom. The molecule has 2 aromatic heterocycles. The third-order valence-corrected chi connectivity index (χ3v) is 6.42. The van der Waals surface area contributed by atoms with Gasteiger partial charge in [-0.3, -0.25) is 9.59 Å². The third kappa shape index (κ3) is 5.94. The molecule has 1 aliphatic rings. The van der Waals surface area contributed by atoms with Crippen LogP contribution in [0.5, 0.6) is 0 Å². The van der Waals surface area contributed by atoms with Crippen LogP contribution in [0, 0.1) is 11.3 Å². The van der Waals surface area contributed by atoms with Gasteiger partial charge in [0.1, 0.15) is 0 Å². The molecule has 4 N–H and O–H groups in total. The van der Waals surface area contributed by atoms with Gasteiger partial charge in [-0.1, -0.05) is 43.2 Å². The number of carbonyl (C=O) groups excluding carboxylic acids is 1. The van der Waals surface area contributed by atoms with Crippen LogP contribution in [0.3, 0.4) is 0 Å². The number of rotatable bonds is 4. The predicted molar refractivity (Wildman–Crippen MR) is 132 cm³/mol. The number of nitrogens with zero attached hydrogens (tertiary/aromatic N) is 2. The Morgan fingerprint density at radius 1 is 1.06 bits per heavy atom. The number of hydrogen-bond donors (Lipinski definition) is 4. The number of fused-ring (bicyclic) bond motifs is 2. The van der Waals surface area contributed by atoms with Crippen molar-refractivity contribution >= 4 is 39.6 Å². The average Bonchev–Trinajstić information content (AvgIpc) is 3.23. The molecule has 5 rings (SSSR count). The highest BCUT2D eigenvalue weighted by Crippen LogP contribution is 2.18. The van der Waals surface area contributed by atoms with Crippen molar-refractivity contribution in [2.75, 3.05) is 5.75 Å². The molecule has 0 saturated heterocycles. The second kappa shape index (κ2) is 10.9. The lowest BCUT2D eigenvalue weighted by Crippen LogP contribution is -2.37. The summed E-state index contributed by atoms with van der Waals surface area (Å²) in [5.41, 5.74) is 2.16. The molecule has 1 aliphatic carbocycles. The Labute approximate surface area is 199 Å². The third-order valence-electron chi connectivity index (χ3n) is 5.55. The molecule has 0 atom stereocenters. The number of para-hydroxylation sites is 1. The molecule has 10 heteroatoms. The summed E-state index contributed by atoms with van der Waals surface area (Å²) in [4.78, 5) is 47.0. The minimum absolute atomic E-state index is 0.00714. The number of imidazole rings is 1. The zero-order valence-electron chi connectivity index (χ0n) is 18.4. The molecule has 0 aliphatic heterocycles. The zero-order chi connectivity index (χ0) is 23.9. The summed E-state index contributed by atoms with van der Waals surface area (Å²) < 4.78 is 0. The van der Waals surface area contributed by atoms with Crippen LogP contribution in [-0.2, 0) is 4.79 Å². The van der Waals surface area contributed by atoms with Gasteiger partial charge in [-0.2, -0.15) is 5.26 Å². The first-order valence-corrected chi connectivity index (χ1v) is 12.0. The molecule has 0 bridgehead atoms. The van der Waals surface area contributed by atoms with Gasteiger partial charge in [0.15, 0.2) is 5.16 Å². The van der Waals surface area contributed by atoms with Crippen LogP contribution >= 0.6 is 11.8 Å². The van der Waals surface area contributed by atoms with E-state index in [4.69, 9.17) is 5.26 Å². The van der Waals surface area contributed by atoms with Crippen molar-refractivity contribution in [1.82, 2.24) is 25.3 Å². The van der Waals surface area contributed by atoms with Gasteiger partial charge < -0.3 is 20.3 Å². The van der Waals surface area contributed by atoms with Gasteiger partial charge in [0.05, 0.1) is 39.3 Å². The van der Waals surface area contributed by atoms with Crippen molar-refractivity contribution in [3.8, 4) is 6.07 Å². The predicted octanol–water partition coefficient (Wildman–Crippen LogP) is 3.19. The molecule has 1 saturated carbocycles. The molecule has 2 heterocycles. The summed E-state index contributed by atoms with van der Waals surface area (Å²) in [5.74, 6) is 0.283. The van der Waals surface area contributed by atoms with E-state index in [1.165, 1.54) is 31.0 Å². The fraction of sp³-hybridized carbons (Fsp3) is 0.292. The monoisotopic (exact) mass is 476 g/mol. The second-order valence-electron chi connectivity index (χ2n) is 8.03. The summed E-state index contributed by atoms with van der Waals surface area (Å²) in [5, 5.41) is 12.7. The van der Waals surface area contributed by atoms with Crippen LogP contribution in [0.2, 0.25) is 0 Å². The molecule has 9 nitrogen and oxygen atoms in total. The van der Waals surface area contributed by atoms with Crippen molar-refractivity contribution in [1.29, 1.82) is 5.26 Å². The van der Waals surface area contributed by atoms with Crippen molar-refractivity contribution in [2.45, 2.75) is 43.3 Å². The quantitative estimate of drug-likeness (QED) is 0.263. The Bertz CT molecular complexity index is 1460. The molecule has 0 unspecified atom stereocenters. The Morgan fingerprint density at radius 2 is 1.82 bits per heavy atom. The molecule has 0 spiro atoms. The van der Waals surface area contributed by atoms with Crippen LogP contribution in [0.25, 0.3) is 21.9 Å². The van der Waals surface area contributed by atoms with Crippen LogP contribution in [0.1, 0.15) is 37.7 Å². The van der Waals surface area contributed by atoms with E-state index >= 15 is 0 Å². The highest BCUT2D eigenvalue weighted by Gasteiger charge is 2.16. The van der Waals surface area contributed by atoms with Gasteiger partial charge in [0.25, 0.3) is 5.56 Å². The number of amides is 1. The number of aromatic amines is 3. The molecule has 1 amide bonds. The minimum Gasteiger partial charge on any atom is -0.353 e. The number of benzene rings is 2. The smallest absolute Gasteiger partial charge is 0.323 e. The van der Waals surface area contributed by atoms with Crippen LogP contribution in [0.15, 0.2) is 57.2 Å². The maximum Gasteiger partial charge on any atom is 0.323 e. The average molecular weight is 477 g/mol. The van der Waals surface area contributed by atoms with Crippen molar-refractivity contribution in [3.63, 3.8) is 0 Å². The highest BCUT2D eigenvalue weighted by molar-refractivity contribution is 7.99. The SMILES string of the molecule is N#Cc1ccc2[nH]c(=O)[nH]c2c1.O=C(CSc1nc2ccccc2c(=O)[nH]1)NC1CCCCC1. The fourth-order valence-electron chi connectivity index (χ4n) is 3.89. The van der Waals surface area contributed by atoms with E-state index in [9.17, 15) is 14.4 Å². The lowest BCUT2D eigenvalue weighted by molar-refractivity contribution is -0.119. The first-order valence-electron chi connectivity index (χ1n) is 11.1. The maximum atomic E-state index is 12.0. The Balaban J connectivity index is 0.000000192. The minimum atomic E-state index is -0.250. The van der Waals surface area contributed by atoms with Gasteiger partial charge >= 0.3 is 5.69 Å². The Kier molecular flexibility index (Phi) is 7.44. The second-order valence-corrected chi connectivity index (χ2v) is 8.99. The summed E-state index contributed by atoms with van der Waals surface area (Å²) in [6, 6.07) is 14.5. The number of thioether (sulfide) groups is 1. The topological polar surface area (TPSA) is 147 Å². The molecule has 0 radical (unpaired) electrons. The van der Waals surface area contributed by atoms with E-state index in [2.05, 4.69) is 25.3 Å². The van der Waals surface area contributed by atoms with E-state index in [1.807, 2.05) is 18.2 Å². The lowest BCUT2D eigenvalue weighted by Gasteiger charge is -2.22. The lowest BCUT2D eigenvalue weighted by atomic mass is 9.95. The molecular weight excluding hydrogens is 452 g/mol. The Hall–Kier alpha value is -3.84. The van der Waals surface area contributed by atoms with Crippen molar-refractivity contribution < 1.29 is 4.79 Å². The maximum absolute atomic E-state index is 12.0. The van der Waals surface area contributed by atoms with E-state index in [0.29, 0.717) is 33.2 Å². The van der Waals surface area contributed by atoms with Gasteiger partial charge in [-0.25, -0.2) is 9.78 Å². The first kappa shape index (κ1) is 23.3. The molecule has 1 fully saturated rings. The number of aromatic nitrogens is 4. The van der Waals surface area contributed by atoms with Crippen LogP contribution in [0.4, 0.5) is 0 Å². The van der Waals surface area contributed by atoms with E-state index in [-0.39, 0.29) is 22.9 Å². The largest absolute Gasteiger partial charge is 0.353 e. The van der Waals surface area contributed by atoms with E-state index in [0.717, 1.165) is 18.4 Å². The number of nitriles is 1. The molecular formula is C24H24N6O3S. The molecule has 34 heavy (non-hydrogen) atoms. The van der Waals surface area contributed by atoms with Gasteiger partial charge in [0.2, 0.25) is 5.91 Å². The molecule has 174 valence electrons. The standard InChI is InChI=1S/C16H19N3O2S.C8H5N3O/c20-14(17-11-6-2-1-3-7-11)10-22-16-18-13-9-5-4-8-12(13)15(21)19-16;9-4-5-1-2-6-7(3-5)11-8(12)10-6/h4-5,8-9,11H,1-3,6-7,10H2,(H,17,20)(H,18,19,21);1-3H,(H2,10,11,12). The summed E-state index contributed by atoms with van der Waals surface area (Å²) in [7, 11) is 0. The fourth-order valence-corrected chi connectivity index (χ4v) is 4.56. The highest BCUT2D eigenvalue weighted by atomic mass is 32.2. The van der Waals surface area contributed by atoms with Gasteiger partial charge in [-0.05, 0) is 43.2 Å². The number of carbonyl (C=O) groups is 1. The summed E-state index contributed by atoms with van der Waals surface area (Å²) >= 11 is 1.27. The number of H-pyrrole nitrogens is 3. The summed E-state index contributed by atoms with van der Waals surface area (Å²) in [6.07, 6.45) is 5.79. The van der Waals surface area contributed by atoms with Crippen LogP contribution < -0.4 is 16.6 Å². The van der Waals surface area contributed by atoms with Crippen LogP contribution in [-0.4, -0.2) is 37.6 Å². The van der Waals surface area contributed by atoms with Gasteiger partial charge in [-0.15, -0.1) is 0 Å². The molecule has 4 aromatic rings. The number of nitrogens with one attached hydrogen (secondary N) is 4. The normalized spacial score (nSPS) is 13.7. The van der Waals surface area contributed by atoms with E-state index < -0.39 is 0 Å². The van der Waals surface area contributed by atoms with Crippen molar-refractivity contribution in [3.05, 3.63) is 68.9 Å². The summed E-state index contributed by atoms with van der Waals surface area (Å²) in [6.45, 7) is 0. The first-order chi connectivity index (χ1) is 16.5. The molecule has 2 aromatic carbocycles. The van der Waals surface area contributed by atoms with Crippen molar-refractivity contribution in [2.24, 2.45) is 0 Å². The van der Waals surface area contributed by atoms with Gasteiger partial charge in [0, 0.05) is 6.04 Å². The zero-order valence-corrected chi connectivity index (χ0v) is 19.2. The van der Waals surface area contributed by atoms with E-state index in [1.54, 1.807) is 30.3 Å². The number of hydrogen-bond acceptors (Lipinski definition) is 6.